The molecule has 6 nitrogen and oxygen atoms in total. The molecule has 64 heavy (non-hydrogen) atoms. The Bertz CT molecular complexity index is 1170. The van der Waals surface area contributed by atoms with Crippen LogP contribution >= 0.6 is 0 Å². The molecular formula is C58H102O6. The third kappa shape index (κ3) is 50.1. The highest BCUT2D eigenvalue weighted by molar-refractivity contribution is 5.71. The predicted octanol–water partition coefficient (Wildman–Crippen LogP) is 18.0. The minimum Gasteiger partial charge on any atom is -0.462 e. The van der Waals surface area contributed by atoms with Gasteiger partial charge in [-0.2, -0.15) is 0 Å². The van der Waals surface area contributed by atoms with E-state index in [1.165, 1.54) is 154 Å². The molecule has 0 bridgehead atoms. The van der Waals surface area contributed by atoms with Gasteiger partial charge in [0.1, 0.15) is 13.2 Å². The van der Waals surface area contributed by atoms with Crippen molar-refractivity contribution in [3.05, 3.63) is 60.8 Å². The average Bonchev–Trinajstić information content (AvgIpc) is 3.29. The number of allylic oxidation sites excluding steroid dienone is 10. The van der Waals surface area contributed by atoms with Gasteiger partial charge in [0.25, 0.3) is 0 Å². The highest BCUT2D eigenvalue weighted by atomic mass is 16.6. The number of esters is 3. The van der Waals surface area contributed by atoms with Gasteiger partial charge in [0.05, 0.1) is 0 Å². The summed E-state index contributed by atoms with van der Waals surface area (Å²) in [7, 11) is 0. The van der Waals surface area contributed by atoms with Crippen molar-refractivity contribution in [2.45, 2.75) is 277 Å². The molecule has 0 spiro atoms. The maximum atomic E-state index is 12.8. The zero-order valence-electron chi connectivity index (χ0n) is 42.3. The summed E-state index contributed by atoms with van der Waals surface area (Å²) in [6, 6.07) is 0. The van der Waals surface area contributed by atoms with Crippen LogP contribution < -0.4 is 0 Å². The topological polar surface area (TPSA) is 78.9 Å². The highest BCUT2D eigenvalue weighted by Gasteiger charge is 2.19. The van der Waals surface area contributed by atoms with Crippen LogP contribution in [0.25, 0.3) is 0 Å². The van der Waals surface area contributed by atoms with E-state index < -0.39 is 6.10 Å². The standard InChI is InChI=1S/C58H102O6/c1-4-7-10-13-16-19-22-25-27-28-29-31-33-36-39-42-45-48-51-57(60)63-54-55(53-62-56(59)50-47-44-41-38-35-32-24-21-18-15-12-9-6-3)64-58(61)52-49-46-43-40-37-34-30-26-23-20-17-14-11-8-5-2/h20,23,27-29,31-32,35,41,44,55H,4-19,21-22,24-26,30,33-34,36-40,42-43,45-54H2,1-3H3/b23-20+,28-27+,31-29+,35-32+,44-41+. The van der Waals surface area contributed by atoms with E-state index in [0.717, 1.165) is 70.6 Å². The highest BCUT2D eigenvalue weighted by Crippen LogP contribution is 2.14. The van der Waals surface area contributed by atoms with Crippen LogP contribution in [0.1, 0.15) is 271 Å². The van der Waals surface area contributed by atoms with E-state index in [-0.39, 0.29) is 37.5 Å². The number of rotatable bonds is 49. The van der Waals surface area contributed by atoms with E-state index in [0.29, 0.717) is 19.3 Å². The van der Waals surface area contributed by atoms with E-state index >= 15 is 0 Å². The van der Waals surface area contributed by atoms with Crippen LogP contribution in [0.4, 0.5) is 0 Å². The van der Waals surface area contributed by atoms with Gasteiger partial charge in [-0.25, -0.2) is 0 Å². The van der Waals surface area contributed by atoms with Gasteiger partial charge in [0.2, 0.25) is 0 Å². The molecule has 0 N–H and O–H groups in total. The molecule has 0 aromatic carbocycles. The normalized spacial score (nSPS) is 12.5. The van der Waals surface area contributed by atoms with Crippen molar-refractivity contribution in [2.24, 2.45) is 0 Å². The lowest BCUT2D eigenvalue weighted by atomic mass is 10.1. The Morgan fingerprint density at radius 3 is 1.08 bits per heavy atom. The van der Waals surface area contributed by atoms with Crippen LogP contribution in [-0.4, -0.2) is 37.2 Å². The van der Waals surface area contributed by atoms with E-state index in [4.69, 9.17) is 14.2 Å². The number of hydrogen-bond acceptors (Lipinski definition) is 6. The fourth-order valence-electron chi connectivity index (χ4n) is 7.60. The molecule has 0 saturated heterocycles. The van der Waals surface area contributed by atoms with Gasteiger partial charge in [-0.05, 0) is 89.9 Å². The third-order valence-corrected chi connectivity index (χ3v) is 11.8. The zero-order chi connectivity index (χ0) is 46.5. The average molecular weight is 895 g/mol. The molecular weight excluding hydrogens is 793 g/mol. The van der Waals surface area contributed by atoms with Gasteiger partial charge in [0.15, 0.2) is 6.10 Å². The summed E-state index contributed by atoms with van der Waals surface area (Å²) >= 11 is 0. The molecule has 370 valence electrons. The molecule has 0 amide bonds. The SMILES string of the molecule is CCCCCC/C=C/CCCCCCCCCC(=O)OC(COC(=O)CC/C=C/C/C=C/CCCCCCCC)COC(=O)CCCCCCC/C=C/C=C/CCCCCCCCC. The maximum absolute atomic E-state index is 12.8. The first kappa shape index (κ1) is 61.1. The first-order valence-electron chi connectivity index (χ1n) is 27.3. The summed E-state index contributed by atoms with van der Waals surface area (Å²) in [5.74, 6) is -0.983. The number of unbranched alkanes of at least 4 members (excludes halogenated alkanes) is 29. The van der Waals surface area contributed by atoms with E-state index in [1.807, 2.05) is 6.08 Å². The van der Waals surface area contributed by atoms with Crippen LogP contribution in [0, 0.1) is 0 Å². The molecule has 1 atom stereocenters. The molecule has 0 aromatic rings. The second-order valence-electron chi connectivity index (χ2n) is 18.2. The Kier molecular flexibility index (Phi) is 50.4. The maximum Gasteiger partial charge on any atom is 0.306 e. The van der Waals surface area contributed by atoms with Crippen molar-refractivity contribution >= 4 is 17.9 Å². The van der Waals surface area contributed by atoms with Crippen molar-refractivity contribution in [3.63, 3.8) is 0 Å². The Balaban J connectivity index is 4.45. The summed E-state index contributed by atoms with van der Waals surface area (Å²) < 4.78 is 16.8. The van der Waals surface area contributed by atoms with Gasteiger partial charge in [-0.1, -0.05) is 223 Å². The molecule has 0 aliphatic carbocycles. The summed E-state index contributed by atoms with van der Waals surface area (Å²) in [4.78, 5) is 38.0. The molecule has 1 unspecified atom stereocenters. The third-order valence-electron chi connectivity index (χ3n) is 11.8. The number of carbonyl (C=O) groups is 3. The molecule has 0 radical (unpaired) electrons. The first-order chi connectivity index (χ1) is 31.5. The molecule has 0 aliphatic rings. The number of carbonyl (C=O) groups excluding carboxylic acids is 3. The Labute approximate surface area is 396 Å². The smallest absolute Gasteiger partial charge is 0.306 e. The molecule has 0 aliphatic heterocycles. The molecule has 0 fully saturated rings. The fraction of sp³-hybridized carbons (Fsp3) is 0.776. The lowest BCUT2D eigenvalue weighted by molar-refractivity contribution is -0.166. The lowest BCUT2D eigenvalue weighted by Crippen LogP contribution is -2.30. The van der Waals surface area contributed by atoms with Crippen molar-refractivity contribution in [1.82, 2.24) is 0 Å². The van der Waals surface area contributed by atoms with Gasteiger partial charge in [-0.3, -0.25) is 14.4 Å². The molecule has 0 aromatic heterocycles. The summed E-state index contributed by atoms with van der Waals surface area (Å²) in [5, 5.41) is 0. The van der Waals surface area contributed by atoms with Crippen molar-refractivity contribution < 1.29 is 28.6 Å². The molecule has 0 rings (SSSR count). The Morgan fingerprint density at radius 2 is 0.641 bits per heavy atom. The lowest BCUT2D eigenvalue weighted by Gasteiger charge is -2.18. The minimum atomic E-state index is -0.804. The number of ether oxygens (including phenoxy) is 3. The first-order valence-corrected chi connectivity index (χ1v) is 27.3. The predicted molar refractivity (Wildman–Crippen MR) is 275 cm³/mol. The van der Waals surface area contributed by atoms with Gasteiger partial charge in [-0.15, -0.1) is 0 Å². The van der Waals surface area contributed by atoms with Crippen LogP contribution in [0.5, 0.6) is 0 Å². The largest absolute Gasteiger partial charge is 0.462 e. The van der Waals surface area contributed by atoms with Crippen LogP contribution in [-0.2, 0) is 28.6 Å². The fourth-order valence-corrected chi connectivity index (χ4v) is 7.60. The minimum absolute atomic E-state index is 0.100. The second-order valence-corrected chi connectivity index (χ2v) is 18.2. The molecule has 0 saturated carbocycles. The van der Waals surface area contributed by atoms with Crippen molar-refractivity contribution in [3.8, 4) is 0 Å². The van der Waals surface area contributed by atoms with Crippen LogP contribution in [0.15, 0.2) is 60.8 Å². The van der Waals surface area contributed by atoms with Crippen molar-refractivity contribution in [1.29, 1.82) is 0 Å². The second kappa shape index (κ2) is 52.7. The number of hydrogen-bond donors (Lipinski definition) is 0. The molecule has 0 heterocycles. The van der Waals surface area contributed by atoms with Gasteiger partial charge < -0.3 is 14.2 Å². The van der Waals surface area contributed by atoms with Crippen molar-refractivity contribution in [2.75, 3.05) is 13.2 Å². The van der Waals surface area contributed by atoms with E-state index in [9.17, 15) is 14.4 Å². The Morgan fingerprint density at radius 1 is 0.328 bits per heavy atom. The van der Waals surface area contributed by atoms with E-state index in [1.54, 1.807) is 0 Å². The van der Waals surface area contributed by atoms with Gasteiger partial charge >= 0.3 is 17.9 Å². The summed E-state index contributed by atoms with van der Waals surface area (Å²) in [5.41, 5.74) is 0. The summed E-state index contributed by atoms with van der Waals surface area (Å²) in [6.45, 7) is 6.56. The van der Waals surface area contributed by atoms with Crippen LogP contribution in [0.3, 0.4) is 0 Å². The summed E-state index contributed by atoms with van der Waals surface area (Å²) in [6.07, 6.45) is 65.0. The Hall–Kier alpha value is -2.89. The zero-order valence-corrected chi connectivity index (χ0v) is 42.3. The molecule has 6 heteroatoms. The monoisotopic (exact) mass is 895 g/mol. The van der Waals surface area contributed by atoms with E-state index in [2.05, 4.69) is 75.5 Å². The van der Waals surface area contributed by atoms with Crippen LogP contribution in [0.2, 0.25) is 0 Å². The van der Waals surface area contributed by atoms with Gasteiger partial charge in [0, 0.05) is 19.3 Å². The quantitative estimate of drug-likeness (QED) is 0.0199.